The molecule has 0 radical (unpaired) electrons. The van der Waals surface area contributed by atoms with Crippen molar-refractivity contribution in [2.24, 2.45) is 12.0 Å². The maximum atomic E-state index is 5.12. The number of halogens is 1. The van der Waals surface area contributed by atoms with Crippen molar-refractivity contribution in [2.75, 3.05) is 26.8 Å². The number of guanidine groups is 1. The molecule has 1 aromatic carbocycles. The van der Waals surface area contributed by atoms with Crippen LogP contribution in [0.4, 0.5) is 0 Å². The smallest absolute Gasteiger partial charge is 0.191 e. The molecule has 2 aromatic rings. The summed E-state index contributed by atoms with van der Waals surface area (Å²) in [5.41, 5.74) is 2.85. The van der Waals surface area contributed by atoms with Crippen LogP contribution >= 0.6 is 24.0 Å². The number of aromatic nitrogens is 3. The monoisotopic (exact) mass is 528 g/mol. The van der Waals surface area contributed by atoms with Crippen LogP contribution in [0, 0.1) is 6.92 Å². The van der Waals surface area contributed by atoms with Crippen molar-refractivity contribution in [3.05, 3.63) is 47.0 Å². The third-order valence-corrected chi connectivity index (χ3v) is 4.91. The maximum absolute atomic E-state index is 5.12. The molecule has 0 aliphatic carbocycles. The summed E-state index contributed by atoms with van der Waals surface area (Å²) in [4.78, 5) is 4.67. The summed E-state index contributed by atoms with van der Waals surface area (Å²) in [7, 11) is 3.68. The summed E-state index contributed by atoms with van der Waals surface area (Å²) >= 11 is 0. The van der Waals surface area contributed by atoms with Crippen molar-refractivity contribution < 1.29 is 4.74 Å². The Balaban J connectivity index is 0.00000450. The fraction of sp³-hybridized carbons (Fsp3) is 0.591. The van der Waals surface area contributed by atoms with Crippen molar-refractivity contribution in [2.45, 2.75) is 52.5 Å². The summed E-state index contributed by atoms with van der Waals surface area (Å²) in [6.07, 6.45) is 1.86. The lowest BCUT2D eigenvalue weighted by molar-refractivity contribution is 0.195. The first-order valence-electron chi connectivity index (χ1n) is 10.3. The lowest BCUT2D eigenvalue weighted by atomic mass is 9.86. The van der Waals surface area contributed by atoms with Gasteiger partial charge in [-0.05, 0) is 36.3 Å². The molecule has 8 heteroatoms. The minimum absolute atomic E-state index is 0. The van der Waals surface area contributed by atoms with E-state index in [4.69, 9.17) is 4.74 Å². The number of rotatable bonds is 9. The van der Waals surface area contributed by atoms with Gasteiger partial charge < -0.3 is 19.9 Å². The Morgan fingerprint density at radius 2 is 1.77 bits per heavy atom. The van der Waals surface area contributed by atoms with Gasteiger partial charge in [-0.3, -0.25) is 0 Å². The van der Waals surface area contributed by atoms with Crippen LogP contribution in [-0.4, -0.2) is 47.5 Å². The Labute approximate surface area is 198 Å². The second-order valence-electron chi connectivity index (χ2n) is 8.28. The number of nitrogens with zero attached hydrogens (tertiary/aromatic N) is 4. The molecule has 0 saturated heterocycles. The van der Waals surface area contributed by atoms with Crippen LogP contribution in [0.1, 0.15) is 50.0 Å². The van der Waals surface area contributed by atoms with Gasteiger partial charge in [0.25, 0.3) is 0 Å². The Morgan fingerprint density at radius 1 is 1.10 bits per heavy atom. The molecule has 0 fully saturated rings. The molecule has 2 N–H and O–H groups in total. The van der Waals surface area contributed by atoms with E-state index >= 15 is 0 Å². The zero-order chi connectivity index (χ0) is 21.3. The number of benzene rings is 1. The van der Waals surface area contributed by atoms with E-state index in [0.29, 0.717) is 6.54 Å². The quantitative estimate of drug-likeness (QED) is 0.226. The van der Waals surface area contributed by atoms with Crippen molar-refractivity contribution >= 4 is 29.9 Å². The molecule has 0 unspecified atom stereocenters. The average Bonchev–Trinajstić information content (AvgIpc) is 3.00. The summed E-state index contributed by atoms with van der Waals surface area (Å²) in [6.45, 7) is 11.5. The number of hydrogen-bond donors (Lipinski definition) is 2. The molecule has 0 aliphatic heterocycles. The first-order chi connectivity index (χ1) is 13.8. The summed E-state index contributed by atoms with van der Waals surface area (Å²) in [5, 5.41) is 15.1. The second kappa shape index (κ2) is 12.9. The van der Waals surface area contributed by atoms with Gasteiger partial charge in [-0.1, -0.05) is 45.0 Å². The topological polar surface area (TPSA) is 76.4 Å². The van der Waals surface area contributed by atoms with Crippen LogP contribution in [0.2, 0.25) is 0 Å². The van der Waals surface area contributed by atoms with Gasteiger partial charge in [-0.15, -0.1) is 34.2 Å². The molecule has 0 amide bonds. The van der Waals surface area contributed by atoms with Crippen molar-refractivity contribution in [1.29, 1.82) is 0 Å². The van der Waals surface area contributed by atoms with Gasteiger partial charge in [0.15, 0.2) is 11.8 Å². The third-order valence-electron chi connectivity index (χ3n) is 4.91. The summed E-state index contributed by atoms with van der Waals surface area (Å²) in [6, 6.07) is 8.88. The Hall–Kier alpha value is -1.68. The van der Waals surface area contributed by atoms with Crippen molar-refractivity contribution in [1.82, 2.24) is 25.4 Å². The standard InChI is InChI=1S/C22H36N6O.HI/c1-17-26-27-20(28(17)5)16-25-21(23-13-7-15-29-6)24-14-12-18-8-10-19(11-9-18)22(2,3)4;/h8-11H,7,12-16H2,1-6H3,(H2,23,24,25);1H. The van der Waals surface area contributed by atoms with E-state index in [0.717, 1.165) is 50.1 Å². The van der Waals surface area contributed by atoms with Gasteiger partial charge in [-0.25, -0.2) is 4.99 Å². The third kappa shape index (κ3) is 8.59. The van der Waals surface area contributed by atoms with Gasteiger partial charge in [0.2, 0.25) is 0 Å². The summed E-state index contributed by atoms with van der Waals surface area (Å²) < 4.78 is 7.08. The molecule has 1 aromatic heterocycles. The van der Waals surface area contributed by atoms with Gasteiger partial charge in [0.1, 0.15) is 12.4 Å². The summed E-state index contributed by atoms with van der Waals surface area (Å²) in [5.74, 6) is 2.52. The van der Waals surface area contributed by atoms with Gasteiger partial charge in [0.05, 0.1) is 0 Å². The average molecular weight is 528 g/mol. The molecule has 168 valence electrons. The highest BCUT2D eigenvalue weighted by Gasteiger charge is 2.12. The number of aliphatic imine (C=N–C) groups is 1. The number of hydrogen-bond acceptors (Lipinski definition) is 4. The van der Waals surface area contributed by atoms with E-state index in [-0.39, 0.29) is 29.4 Å². The van der Waals surface area contributed by atoms with E-state index in [9.17, 15) is 0 Å². The van der Waals surface area contributed by atoms with Crippen LogP contribution in [0.15, 0.2) is 29.3 Å². The van der Waals surface area contributed by atoms with Crippen molar-refractivity contribution in [3.63, 3.8) is 0 Å². The zero-order valence-electron chi connectivity index (χ0n) is 19.2. The zero-order valence-corrected chi connectivity index (χ0v) is 21.5. The minimum Gasteiger partial charge on any atom is -0.385 e. The van der Waals surface area contributed by atoms with Gasteiger partial charge >= 0.3 is 0 Å². The van der Waals surface area contributed by atoms with E-state index in [1.165, 1.54) is 11.1 Å². The van der Waals surface area contributed by atoms with E-state index in [2.05, 4.69) is 70.9 Å². The predicted molar refractivity (Wildman–Crippen MR) is 134 cm³/mol. The minimum atomic E-state index is 0. The highest BCUT2D eigenvalue weighted by Crippen LogP contribution is 2.22. The number of ether oxygens (including phenoxy) is 1. The molecule has 1 heterocycles. The fourth-order valence-corrected chi connectivity index (χ4v) is 2.83. The molecule has 0 bridgehead atoms. The largest absolute Gasteiger partial charge is 0.385 e. The first kappa shape index (κ1) is 26.4. The Morgan fingerprint density at radius 3 is 2.33 bits per heavy atom. The van der Waals surface area contributed by atoms with Crippen molar-refractivity contribution in [3.8, 4) is 0 Å². The van der Waals surface area contributed by atoms with Gasteiger partial charge in [0, 0.05) is 33.9 Å². The molecule has 30 heavy (non-hydrogen) atoms. The number of nitrogens with one attached hydrogen (secondary N) is 2. The molecular weight excluding hydrogens is 491 g/mol. The molecule has 0 aliphatic rings. The van der Waals surface area contributed by atoms with E-state index in [1.807, 2.05) is 18.5 Å². The van der Waals surface area contributed by atoms with Gasteiger partial charge in [-0.2, -0.15) is 0 Å². The molecule has 0 saturated carbocycles. The van der Waals surface area contributed by atoms with Crippen LogP contribution in [0.5, 0.6) is 0 Å². The Kier molecular flexibility index (Phi) is 11.3. The van der Waals surface area contributed by atoms with Crippen LogP contribution < -0.4 is 10.6 Å². The fourth-order valence-electron chi connectivity index (χ4n) is 2.83. The lowest BCUT2D eigenvalue weighted by Crippen LogP contribution is -2.39. The van der Waals surface area contributed by atoms with E-state index < -0.39 is 0 Å². The highest BCUT2D eigenvalue weighted by atomic mass is 127. The molecule has 2 rings (SSSR count). The van der Waals surface area contributed by atoms with Crippen LogP contribution in [0.25, 0.3) is 0 Å². The molecular formula is C22H37IN6O. The normalized spacial score (nSPS) is 11.9. The first-order valence-corrected chi connectivity index (χ1v) is 10.3. The van der Waals surface area contributed by atoms with Crippen LogP contribution in [-0.2, 0) is 30.2 Å². The molecule has 0 spiro atoms. The predicted octanol–water partition coefficient (Wildman–Crippen LogP) is 3.35. The number of methoxy groups -OCH3 is 1. The second-order valence-corrected chi connectivity index (χ2v) is 8.28. The Bertz CT molecular complexity index is 780. The molecule has 7 nitrogen and oxygen atoms in total. The van der Waals surface area contributed by atoms with Crippen LogP contribution in [0.3, 0.4) is 0 Å². The molecule has 0 atom stereocenters. The highest BCUT2D eigenvalue weighted by molar-refractivity contribution is 14.0. The lowest BCUT2D eigenvalue weighted by Gasteiger charge is -2.19. The maximum Gasteiger partial charge on any atom is 0.191 e. The number of aryl methyl sites for hydroxylation is 1. The SMILES string of the molecule is COCCCNC(=NCc1nnc(C)n1C)NCCc1ccc(C(C)(C)C)cc1.I. The van der Waals surface area contributed by atoms with E-state index in [1.54, 1.807) is 7.11 Å².